The number of ether oxygens (including phenoxy) is 1. The zero-order valence-corrected chi connectivity index (χ0v) is 13.8. The molecular formula is C16H19Cl3O. The van der Waals surface area contributed by atoms with Crippen LogP contribution in [0.5, 0.6) is 5.75 Å². The highest BCUT2D eigenvalue weighted by Gasteiger charge is 2.43. The molecule has 0 saturated heterocycles. The Balaban J connectivity index is 1.84. The minimum absolute atomic E-state index is 0.0361. The molecule has 0 radical (unpaired) electrons. The molecule has 110 valence electrons. The number of fused-ring (bicyclic) bond motifs is 2. The number of benzene rings is 1. The van der Waals surface area contributed by atoms with Crippen molar-refractivity contribution >= 4 is 34.8 Å². The summed E-state index contributed by atoms with van der Waals surface area (Å²) in [4.78, 5) is 0. The van der Waals surface area contributed by atoms with E-state index in [1.54, 1.807) is 6.07 Å². The standard InChI is InChI=1S/C16H19Cl3O/c1-2-20-15-8-13(17)12(7-14(15)18)16(19)11-6-9-3-4-10(11)5-9/h7-11,16H,2-6H2,1H3. The van der Waals surface area contributed by atoms with E-state index in [9.17, 15) is 0 Å². The molecule has 0 N–H and O–H groups in total. The Morgan fingerprint density at radius 1 is 1.20 bits per heavy atom. The second-order valence-corrected chi connectivity index (χ2v) is 7.26. The average molecular weight is 334 g/mol. The molecule has 4 unspecified atom stereocenters. The Morgan fingerprint density at radius 3 is 2.60 bits per heavy atom. The summed E-state index contributed by atoms with van der Waals surface area (Å²) in [6.45, 7) is 2.50. The quantitative estimate of drug-likeness (QED) is 0.604. The third-order valence-electron chi connectivity index (χ3n) is 4.82. The third-order valence-corrected chi connectivity index (χ3v) is 6.00. The fourth-order valence-corrected chi connectivity index (χ4v) is 4.95. The summed E-state index contributed by atoms with van der Waals surface area (Å²) in [7, 11) is 0. The molecule has 2 bridgehead atoms. The van der Waals surface area contributed by atoms with E-state index in [-0.39, 0.29) is 5.38 Å². The first kappa shape index (κ1) is 14.8. The molecule has 1 nitrogen and oxygen atoms in total. The third kappa shape index (κ3) is 2.65. The summed E-state index contributed by atoms with van der Waals surface area (Å²) in [5.74, 6) is 2.83. The zero-order valence-electron chi connectivity index (χ0n) is 11.5. The molecule has 2 aliphatic carbocycles. The number of rotatable bonds is 4. The monoisotopic (exact) mass is 332 g/mol. The first-order valence-electron chi connectivity index (χ1n) is 7.36. The smallest absolute Gasteiger partial charge is 0.139 e. The van der Waals surface area contributed by atoms with Crippen LogP contribution in [-0.4, -0.2) is 6.61 Å². The molecule has 20 heavy (non-hydrogen) atoms. The molecule has 0 heterocycles. The molecule has 4 heteroatoms. The molecule has 3 rings (SSSR count). The van der Waals surface area contributed by atoms with Gasteiger partial charge >= 0.3 is 0 Å². The highest BCUT2D eigenvalue weighted by molar-refractivity contribution is 6.35. The topological polar surface area (TPSA) is 9.23 Å². The van der Waals surface area contributed by atoms with Crippen molar-refractivity contribution in [2.45, 2.75) is 38.0 Å². The first-order chi connectivity index (χ1) is 9.60. The lowest BCUT2D eigenvalue weighted by molar-refractivity contribution is 0.322. The molecular weight excluding hydrogens is 315 g/mol. The van der Waals surface area contributed by atoms with Crippen LogP contribution in [0.25, 0.3) is 0 Å². The van der Waals surface area contributed by atoms with Gasteiger partial charge in [0.1, 0.15) is 5.75 Å². The van der Waals surface area contributed by atoms with Crippen LogP contribution < -0.4 is 4.74 Å². The van der Waals surface area contributed by atoms with Crippen molar-refractivity contribution in [1.29, 1.82) is 0 Å². The first-order valence-corrected chi connectivity index (χ1v) is 8.55. The molecule has 2 fully saturated rings. The minimum atomic E-state index is -0.0361. The zero-order chi connectivity index (χ0) is 14.3. The van der Waals surface area contributed by atoms with E-state index in [1.807, 2.05) is 13.0 Å². The van der Waals surface area contributed by atoms with Gasteiger partial charge in [-0.15, -0.1) is 11.6 Å². The van der Waals surface area contributed by atoms with Gasteiger partial charge in [0.15, 0.2) is 0 Å². The fraction of sp³-hybridized carbons (Fsp3) is 0.625. The molecule has 2 saturated carbocycles. The highest BCUT2D eigenvalue weighted by atomic mass is 35.5. The fourth-order valence-electron chi connectivity index (χ4n) is 3.90. The van der Waals surface area contributed by atoms with Gasteiger partial charge in [-0.3, -0.25) is 0 Å². The second-order valence-electron chi connectivity index (χ2n) is 5.98. The lowest BCUT2D eigenvalue weighted by atomic mass is 9.84. The molecule has 4 atom stereocenters. The predicted molar refractivity (Wildman–Crippen MR) is 85.2 cm³/mol. The van der Waals surface area contributed by atoms with Gasteiger partial charge in [-0.1, -0.05) is 29.6 Å². The van der Waals surface area contributed by atoms with E-state index < -0.39 is 0 Å². The second kappa shape index (κ2) is 5.94. The minimum Gasteiger partial charge on any atom is -0.492 e. The van der Waals surface area contributed by atoms with Crippen LogP contribution in [0.3, 0.4) is 0 Å². The van der Waals surface area contributed by atoms with E-state index in [0.29, 0.717) is 28.3 Å². The van der Waals surface area contributed by atoms with E-state index in [0.717, 1.165) is 17.4 Å². The summed E-state index contributed by atoms with van der Waals surface area (Å²) in [6.07, 6.45) is 5.28. The maximum Gasteiger partial charge on any atom is 0.139 e. The van der Waals surface area contributed by atoms with E-state index in [2.05, 4.69) is 0 Å². The van der Waals surface area contributed by atoms with Gasteiger partial charge in [0.25, 0.3) is 0 Å². The SMILES string of the molecule is CCOc1cc(Cl)c(C(Cl)C2CC3CCC2C3)cc1Cl. The maximum absolute atomic E-state index is 6.73. The summed E-state index contributed by atoms with van der Waals surface area (Å²) in [5.41, 5.74) is 0.958. The summed E-state index contributed by atoms with van der Waals surface area (Å²) < 4.78 is 5.47. The Kier molecular flexibility index (Phi) is 4.40. The van der Waals surface area contributed by atoms with Crippen LogP contribution in [0.4, 0.5) is 0 Å². The van der Waals surface area contributed by atoms with Gasteiger partial charge in [0.2, 0.25) is 0 Å². The number of halogens is 3. The van der Waals surface area contributed by atoms with Crippen molar-refractivity contribution in [3.63, 3.8) is 0 Å². The normalized spacial score (nSPS) is 29.7. The van der Waals surface area contributed by atoms with E-state index in [1.165, 1.54) is 25.7 Å². The number of alkyl halides is 1. The summed E-state index contributed by atoms with van der Waals surface area (Å²) in [5, 5.41) is 1.23. The van der Waals surface area contributed by atoms with Gasteiger partial charge in [0, 0.05) is 11.1 Å². The highest BCUT2D eigenvalue weighted by Crippen LogP contribution is 2.55. The Hall–Kier alpha value is -0.110. The van der Waals surface area contributed by atoms with Crippen LogP contribution in [0.2, 0.25) is 10.0 Å². The average Bonchev–Trinajstić information content (AvgIpc) is 3.04. The summed E-state index contributed by atoms with van der Waals surface area (Å²) >= 11 is 19.4. The Bertz CT molecular complexity index is 503. The van der Waals surface area contributed by atoms with Crippen molar-refractivity contribution < 1.29 is 4.74 Å². The van der Waals surface area contributed by atoms with Crippen molar-refractivity contribution in [2.75, 3.05) is 6.61 Å². The maximum atomic E-state index is 6.73. The molecule has 0 aliphatic heterocycles. The Morgan fingerprint density at radius 2 is 2.00 bits per heavy atom. The van der Waals surface area contributed by atoms with Crippen molar-refractivity contribution in [3.8, 4) is 5.75 Å². The van der Waals surface area contributed by atoms with Crippen molar-refractivity contribution in [3.05, 3.63) is 27.7 Å². The predicted octanol–water partition coefficient (Wildman–Crippen LogP) is 6.11. The molecule has 1 aromatic rings. The molecule has 0 aromatic heterocycles. The summed E-state index contributed by atoms with van der Waals surface area (Å²) in [6, 6.07) is 3.68. The Labute approximate surface area is 135 Å². The molecule has 2 aliphatic rings. The van der Waals surface area contributed by atoms with Crippen LogP contribution in [0.15, 0.2) is 12.1 Å². The van der Waals surface area contributed by atoms with Gasteiger partial charge in [-0.05, 0) is 55.6 Å². The molecule has 1 aromatic carbocycles. The van der Waals surface area contributed by atoms with E-state index >= 15 is 0 Å². The molecule has 0 amide bonds. The van der Waals surface area contributed by atoms with Crippen molar-refractivity contribution in [1.82, 2.24) is 0 Å². The number of hydrogen-bond acceptors (Lipinski definition) is 1. The van der Waals surface area contributed by atoms with Gasteiger partial charge in [-0.25, -0.2) is 0 Å². The van der Waals surface area contributed by atoms with Gasteiger partial charge < -0.3 is 4.74 Å². The largest absolute Gasteiger partial charge is 0.492 e. The van der Waals surface area contributed by atoms with Crippen LogP contribution in [0.1, 0.15) is 43.5 Å². The van der Waals surface area contributed by atoms with Crippen molar-refractivity contribution in [2.24, 2.45) is 17.8 Å². The van der Waals surface area contributed by atoms with E-state index in [4.69, 9.17) is 39.5 Å². The lowest BCUT2D eigenvalue weighted by Gasteiger charge is -2.27. The number of hydrogen-bond donors (Lipinski definition) is 0. The van der Waals surface area contributed by atoms with Crippen LogP contribution in [0, 0.1) is 17.8 Å². The molecule has 0 spiro atoms. The van der Waals surface area contributed by atoms with Crippen LogP contribution >= 0.6 is 34.8 Å². The van der Waals surface area contributed by atoms with Crippen LogP contribution in [-0.2, 0) is 0 Å². The van der Waals surface area contributed by atoms with Gasteiger partial charge in [0.05, 0.1) is 17.0 Å². The van der Waals surface area contributed by atoms with Gasteiger partial charge in [-0.2, -0.15) is 0 Å². The lowest BCUT2D eigenvalue weighted by Crippen LogP contribution is -2.16.